The summed E-state index contributed by atoms with van der Waals surface area (Å²) < 4.78 is 1.78. The second-order valence-electron chi connectivity index (χ2n) is 6.14. The maximum Gasteiger partial charge on any atom is 0.319 e. The quantitative estimate of drug-likeness (QED) is 0.792. The minimum Gasteiger partial charge on any atom is -0.394 e. The van der Waals surface area contributed by atoms with Crippen molar-refractivity contribution in [3.05, 3.63) is 48.3 Å². The van der Waals surface area contributed by atoms with Gasteiger partial charge in [0.25, 0.3) is 0 Å². The van der Waals surface area contributed by atoms with Gasteiger partial charge in [0.05, 0.1) is 30.6 Å². The number of nitrogens with zero attached hydrogens (tertiary/aromatic N) is 2. The van der Waals surface area contributed by atoms with E-state index in [9.17, 15) is 9.90 Å². The smallest absolute Gasteiger partial charge is 0.319 e. The normalized spacial score (nSPS) is 16.2. The van der Waals surface area contributed by atoms with E-state index in [1.165, 1.54) is 0 Å². The summed E-state index contributed by atoms with van der Waals surface area (Å²) in [5.74, 6) is 0. The molecule has 1 saturated carbocycles. The summed E-state index contributed by atoms with van der Waals surface area (Å²) in [6, 6.07) is 9.73. The number of benzene rings is 1. The van der Waals surface area contributed by atoms with Gasteiger partial charge in [-0.2, -0.15) is 5.10 Å². The minimum absolute atomic E-state index is 0.0201. The maximum atomic E-state index is 12.1. The number of aliphatic hydroxyl groups is 1. The fourth-order valence-electron chi connectivity index (χ4n) is 3.06. The second-order valence-corrected chi connectivity index (χ2v) is 6.14. The Kier molecular flexibility index (Phi) is 4.62. The minimum atomic E-state index is -0.468. The molecule has 6 nitrogen and oxygen atoms in total. The van der Waals surface area contributed by atoms with Crippen LogP contribution in [0.3, 0.4) is 0 Å². The molecule has 0 spiro atoms. The molecular formula is C17H22N4O2. The fourth-order valence-corrected chi connectivity index (χ4v) is 3.06. The molecule has 0 unspecified atom stereocenters. The number of anilines is 1. The van der Waals surface area contributed by atoms with Gasteiger partial charge in [0.2, 0.25) is 0 Å². The Bertz CT molecular complexity index is 648. The van der Waals surface area contributed by atoms with Crippen molar-refractivity contribution in [2.45, 2.75) is 37.8 Å². The summed E-state index contributed by atoms with van der Waals surface area (Å²) in [6.07, 6.45) is 7.15. The van der Waals surface area contributed by atoms with E-state index in [-0.39, 0.29) is 12.6 Å². The first kappa shape index (κ1) is 15.6. The molecule has 2 aromatic rings. The standard InChI is InChI=1S/C17H22N4O2/c22-13-17(8-4-5-9-17)20-16(23)19-15-10-18-21(12-15)11-14-6-2-1-3-7-14/h1-3,6-7,10,12,22H,4-5,8-9,11,13H2,(H2,19,20,23). The van der Waals surface area contributed by atoms with E-state index in [2.05, 4.69) is 15.7 Å². The van der Waals surface area contributed by atoms with Crippen molar-refractivity contribution in [3.8, 4) is 0 Å². The highest BCUT2D eigenvalue weighted by Gasteiger charge is 2.34. The molecule has 2 amide bonds. The number of aromatic nitrogens is 2. The lowest BCUT2D eigenvalue weighted by Crippen LogP contribution is -2.50. The van der Waals surface area contributed by atoms with E-state index < -0.39 is 5.54 Å². The monoisotopic (exact) mass is 314 g/mol. The molecule has 3 rings (SSSR count). The zero-order chi connectivity index (χ0) is 16.1. The summed E-state index contributed by atoms with van der Waals surface area (Å²) in [4.78, 5) is 12.1. The van der Waals surface area contributed by atoms with Gasteiger partial charge in [0.1, 0.15) is 0 Å². The lowest BCUT2D eigenvalue weighted by atomic mass is 9.99. The van der Waals surface area contributed by atoms with Crippen molar-refractivity contribution in [2.75, 3.05) is 11.9 Å². The molecule has 23 heavy (non-hydrogen) atoms. The van der Waals surface area contributed by atoms with Gasteiger partial charge in [-0.05, 0) is 18.4 Å². The van der Waals surface area contributed by atoms with Crippen LogP contribution in [0, 0.1) is 0 Å². The molecule has 0 atom stereocenters. The number of hydrogen-bond acceptors (Lipinski definition) is 3. The van der Waals surface area contributed by atoms with Crippen molar-refractivity contribution >= 4 is 11.7 Å². The number of carbonyl (C=O) groups is 1. The van der Waals surface area contributed by atoms with Crippen molar-refractivity contribution in [1.29, 1.82) is 0 Å². The predicted octanol–water partition coefficient (Wildman–Crippen LogP) is 2.36. The van der Waals surface area contributed by atoms with E-state index in [1.807, 2.05) is 30.3 Å². The van der Waals surface area contributed by atoms with Gasteiger partial charge in [-0.15, -0.1) is 0 Å². The summed E-state index contributed by atoms with van der Waals surface area (Å²) in [6.45, 7) is 0.637. The van der Waals surface area contributed by atoms with E-state index in [0.29, 0.717) is 12.2 Å². The van der Waals surface area contributed by atoms with E-state index in [0.717, 1.165) is 31.2 Å². The second kappa shape index (κ2) is 6.83. The summed E-state index contributed by atoms with van der Waals surface area (Å²) in [5.41, 5.74) is 1.32. The SMILES string of the molecule is O=C(Nc1cnn(Cc2ccccc2)c1)NC1(CO)CCCC1. The number of carbonyl (C=O) groups excluding carboxylic acids is 1. The first-order valence-electron chi connectivity index (χ1n) is 7.96. The van der Waals surface area contributed by atoms with Crippen molar-refractivity contribution in [3.63, 3.8) is 0 Å². The third kappa shape index (κ3) is 3.90. The van der Waals surface area contributed by atoms with Crippen LogP contribution in [0.4, 0.5) is 10.5 Å². The molecular weight excluding hydrogens is 292 g/mol. The maximum absolute atomic E-state index is 12.1. The molecule has 1 aromatic heterocycles. The molecule has 1 aliphatic rings. The Labute approximate surface area is 135 Å². The van der Waals surface area contributed by atoms with Crippen molar-refractivity contribution < 1.29 is 9.90 Å². The highest BCUT2D eigenvalue weighted by atomic mass is 16.3. The fraction of sp³-hybridized carbons (Fsp3) is 0.412. The molecule has 1 aliphatic carbocycles. The molecule has 122 valence electrons. The molecule has 0 radical (unpaired) electrons. The predicted molar refractivity (Wildman–Crippen MR) is 88.2 cm³/mol. The van der Waals surface area contributed by atoms with Crippen LogP contribution in [-0.4, -0.2) is 33.1 Å². The van der Waals surface area contributed by atoms with Crippen LogP contribution in [0.1, 0.15) is 31.2 Å². The van der Waals surface area contributed by atoms with Crippen LogP contribution in [0.25, 0.3) is 0 Å². The van der Waals surface area contributed by atoms with Crippen LogP contribution in [0.2, 0.25) is 0 Å². The van der Waals surface area contributed by atoms with E-state index in [4.69, 9.17) is 0 Å². The van der Waals surface area contributed by atoms with E-state index >= 15 is 0 Å². The van der Waals surface area contributed by atoms with Gasteiger partial charge < -0.3 is 15.7 Å². The Morgan fingerprint density at radius 1 is 1.26 bits per heavy atom. The van der Waals surface area contributed by atoms with Gasteiger partial charge in [-0.1, -0.05) is 43.2 Å². The molecule has 0 saturated heterocycles. The first-order valence-corrected chi connectivity index (χ1v) is 7.96. The highest BCUT2D eigenvalue weighted by Crippen LogP contribution is 2.29. The Hall–Kier alpha value is -2.34. The average molecular weight is 314 g/mol. The molecule has 6 heteroatoms. The molecule has 0 bridgehead atoms. The van der Waals surface area contributed by atoms with Crippen molar-refractivity contribution in [1.82, 2.24) is 15.1 Å². The van der Waals surface area contributed by atoms with Crippen LogP contribution in [-0.2, 0) is 6.54 Å². The van der Waals surface area contributed by atoms with Gasteiger partial charge in [0.15, 0.2) is 0 Å². The summed E-state index contributed by atoms with van der Waals surface area (Å²) in [5, 5.41) is 19.5. The number of urea groups is 1. The Balaban J connectivity index is 1.57. The number of amides is 2. The summed E-state index contributed by atoms with van der Waals surface area (Å²) >= 11 is 0. The van der Waals surface area contributed by atoms with Crippen LogP contribution in [0.15, 0.2) is 42.7 Å². The molecule has 1 aromatic carbocycles. The molecule has 0 aliphatic heterocycles. The van der Waals surface area contributed by atoms with Crippen LogP contribution < -0.4 is 10.6 Å². The zero-order valence-electron chi connectivity index (χ0n) is 13.0. The lowest BCUT2D eigenvalue weighted by Gasteiger charge is -2.27. The van der Waals surface area contributed by atoms with Gasteiger partial charge in [-0.3, -0.25) is 4.68 Å². The largest absolute Gasteiger partial charge is 0.394 e. The molecule has 1 fully saturated rings. The number of aliphatic hydroxyl groups excluding tert-OH is 1. The number of nitrogens with one attached hydrogen (secondary N) is 2. The third-order valence-corrected chi connectivity index (χ3v) is 4.32. The van der Waals surface area contributed by atoms with Gasteiger partial charge in [0, 0.05) is 6.20 Å². The van der Waals surface area contributed by atoms with Gasteiger partial charge >= 0.3 is 6.03 Å². The van der Waals surface area contributed by atoms with Crippen molar-refractivity contribution in [2.24, 2.45) is 0 Å². The third-order valence-electron chi connectivity index (χ3n) is 4.32. The average Bonchev–Trinajstić information content (AvgIpc) is 3.18. The molecule has 3 N–H and O–H groups in total. The van der Waals surface area contributed by atoms with Crippen LogP contribution in [0.5, 0.6) is 0 Å². The van der Waals surface area contributed by atoms with Gasteiger partial charge in [-0.25, -0.2) is 4.79 Å². The molecule has 1 heterocycles. The first-order chi connectivity index (χ1) is 11.2. The van der Waals surface area contributed by atoms with Crippen LogP contribution >= 0.6 is 0 Å². The lowest BCUT2D eigenvalue weighted by molar-refractivity contribution is 0.167. The number of hydrogen-bond donors (Lipinski definition) is 3. The van der Waals surface area contributed by atoms with E-state index in [1.54, 1.807) is 17.1 Å². The Morgan fingerprint density at radius 2 is 2.00 bits per heavy atom. The Morgan fingerprint density at radius 3 is 2.70 bits per heavy atom. The number of rotatable bonds is 5. The zero-order valence-corrected chi connectivity index (χ0v) is 13.0. The topological polar surface area (TPSA) is 79.2 Å². The summed E-state index contributed by atoms with van der Waals surface area (Å²) in [7, 11) is 0. The highest BCUT2D eigenvalue weighted by molar-refractivity contribution is 5.89.